The number of H-pyrrole nitrogens is 2. The third-order valence-electron chi connectivity index (χ3n) is 5.76. The molecule has 0 fully saturated rings. The van der Waals surface area contributed by atoms with E-state index in [0.29, 0.717) is 33.3 Å². The van der Waals surface area contributed by atoms with Crippen LogP contribution in [-0.4, -0.2) is 20.7 Å². The van der Waals surface area contributed by atoms with E-state index in [1.54, 1.807) is 37.3 Å². The summed E-state index contributed by atoms with van der Waals surface area (Å²) in [6, 6.07) is 18.3. The molecule has 2 aromatic heterocycles. The number of aryl methyl sites for hydroxylation is 1. The molecule has 0 spiro atoms. The summed E-state index contributed by atoms with van der Waals surface area (Å²) < 4.78 is 1.47. The van der Waals surface area contributed by atoms with Crippen molar-refractivity contribution in [3.05, 3.63) is 121 Å². The molecule has 1 aliphatic heterocycles. The van der Waals surface area contributed by atoms with Crippen LogP contribution in [0.15, 0.2) is 81.4 Å². The molecule has 4 aromatic rings. The second-order valence-electron chi connectivity index (χ2n) is 7.92. The quantitative estimate of drug-likeness (QED) is 0.497. The van der Waals surface area contributed by atoms with Gasteiger partial charge in [0.2, 0.25) is 0 Å². The van der Waals surface area contributed by atoms with Crippen LogP contribution in [0.2, 0.25) is 0 Å². The number of benzene rings is 2. The average molecular weight is 451 g/mol. The Labute approximate surface area is 193 Å². The first kappa shape index (κ1) is 21.1. The van der Waals surface area contributed by atoms with E-state index >= 15 is 0 Å². The Morgan fingerprint density at radius 1 is 0.882 bits per heavy atom. The van der Waals surface area contributed by atoms with Crippen LogP contribution in [-0.2, 0) is 0 Å². The number of aromatic amines is 2. The van der Waals surface area contributed by atoms with Gasteiger partial charge in [-0.05, 0) is 55.8 Å². The van der Waals surface area contributed by atoms with Gasteiger partial charge in [0.1, 0.15) is 0 Å². The van der Waals surface area contributed by atoms with Crippen LogP contribution in [0.1, 0.15) is 27.2 Å². The summed E-state index contributed by atoms with van der Waals surface area (Å²) in [5.74, 6) is -0.305. The molecule has 8 heteroatoms. The van der Waals surface area contributed by atoms with Gasteiger partial charge >= 0.3 is 0 Å². The average Bonchev–Trinajstić information content (AvgIpc) is 3.32. The van der Waals surface area contributed by atoms with Gasteiger partial charge in [0.25, 0.3) is 17.0 Å². The molecule has 0 radical (unpaired) electrons. The summed E-state index contributed by atoms with van der Waals surface area (Å²) in [4.78, 5) is 41.3. The number of pyridine rings is 1. The zero-order chi connectivity index (χ0) is 23.8. The number of rotatable bonds is 4. The van der Waals surface area contributed by atoms with Gasteiger partial charge in [-0.2, -0.15) is 5.01 Å². The SMILES string of the molecule is Cc1[nH]n(-c2ccccc2)c(=O)c1/C=C/C=c1/c(C)c2c([nH]c1=O)=NN(c1ccccc1)C2=O. The molecule has 2 N–H and O–H groups in total. The minimum absolute atomic E-state index is 0.194. The number of amides is 1. The number of aromatic nitrogens is 3. The lowest BCUT2D eigenvalue weighted by atomic mass is 10.1. The summed E-state index contributed by atoms with van der Waals surface area (Å²) in [6.45, 7) is 3.53. The van der Waals surface area contributed by atoms with E-state index < -0.39 is 0 Å². The number of carbonyl (C=O) groups is 1. The van der Waals surface area contributed by atoms with Crippen LogP contribution in [0.4, 0.5) is 5.69 Å². The van der Waals surface area contributed by atoms with Crippen molar-refractivity contribution >= 4 is 23.7 Å². The molecule has 1 amide bonds. The van der Waals surface area contributed by atoms with Crippen LogP contribution in [0.5, 0.6) is 0 Å². The van der Waals surface area contributed by atoms with Gasteiger partial charge in [-0.1, -0.05) is 42.5 Å². The lowest BCUT2D eigenvalue weighted by Gasteiger charge is -2.11. The van der Waals surface area contributed by atoms with Gasteiger partial charge in [0, 0.05) is 10.9 Å². The topological polar surface area (TPSA) is 103 Å². The maximum absolute atomic E-state index is 13.0. The third-order valence-corrected chi connectivity index (χ3v) is 5.76. The smallest absolute Gasteiger partial charge is 0.282 e. The Hall–Kier alpha value is -4.72. The molecule has 0 saturated carbocycles. The number of para-hydroxylation sites is 2. The minimum Gasteiger partial charge on any atom is -0.304 e. The number of hydrogen-bond donors (Lipinski definition) is 2. The molecule has 34 heavy (non-hydrogen) atoms. The second-order valence-corrected chi connectivity index (χ2v) is 7.92. The Morgan fingerprint density at radius 3 is 2.21 bits per heavy atom. The Balaban J connectivity index is 1.52. The number of carbonyl (C=O) groups excluding carboxylic acids is 1. The number of nitrogens with zero attached hydrogens (tertiary/aromatic N) is 3. The van der Waals surface area contributed by atoms with E-state index in [0.717, 1.165) is 5.69 Å². The van der Waals surface area contributed by atoms with E-state index in [4.69, 9.17) is 0 Å². The first-order chi connectivity index (χ1) is 16.5. The molecular weight excluding hydrogens is 430 g/mol. The highest BCUT2D eigenvalue weighted by atomic mass is 16.2. The van der Waals surface area contributed by atoms with Gasteiger partial charge < -0.3 is 4.98 Å². The molecule has 8 nitrogen and oxygen atoms in total. The highest BCUT2D eigenvalue weighted by Gasteiger charge is 2.28. The Bertz CT molecular complexity index is 1680. The summed E-state index contributed by atoms with van der Waals surface area (Å²) >= 11 is 0. The number of allylic oxidation sites excluding steroid dienone is 1. The number of anilines is 1. The number of nitrogens with one attached hydrogen (secondary N) is 2. The predicted octanol–water partition coefficient (Wildman–Crippen LogP) is 2.16. The Kier molecular flexibility index (Phi) is 5.18. The van der Waals surface area contributed by atoms with Crippen molar-refractivity contribution in [2.45, 2.75) is 13.8 Å². The van der Waals surface area contributed by atoms with Gasteiger partial charge in [-0.3, -0.25) is 19.5 Å². The van der Waals surface area contributed by atoms with Crippen molar-refractivity contribution < 1.29 is 4.79 Å². The van der Waals surface area contributed by atoms with Crippen molar-refractivity contribution in [3.63, 3.8) is 0 Å². The van der Waals surface area contributed by atoms with Gasteiger partial charge in [0.15, 0.2) is 5.49 Å². The molecule has 0 aliphatic carbocycles. The molecule has 0 saturated heterocycles. The van der Waals surface area contributed by atoms with Gasteiger partial charge in [0.05, 0.1) is 22.5 Å². The molecule has 2 aromatic carbocycles. The summed E-state index contributed by atoms with van der Waals surface area (Å²) in [5.41, 5.74) is 3.10. The maximum atomic E-state index is 13.0. The first-order valence-electron chi connectivity index (χ1n) is 10.7. The Morgan fingerprint density at radius 2 is 1.53 bits per heavy atom. The van der Waals surface area contributed by atoms with E-state index in [2.05, 4.69) is 15.2 Å². The zero-order valence-electron chi connectivity index (χ0n) is 18.6. The van der Waals surface area contributed by atoms with Gasteiger partial charge in [-0.15, -0.1) is 5.10 Å². The first-order valence-corrected chi connectivity index (χ1v) is 10.7. The fourth-order valence-electron chi connectivity index (χ4n) is 4.01. The number of hydrogen-bond acceptors (Lipinski definition) is 4. The standard InChI is InChI=1S/C26H21N5O3/c1-16-20(14-9-15-21-17(2)28-30(25(21)33)18-10-5-3-6-11-18)24(32)27-23-22(16)26(34)31(29-23)19-12-7-4-8-13-19/h3-15,28H,1-2H3,(H,27,29,32)/b15-9+,20-14-. The van der Waals surface area contributed by atoms with Crippen molar-refractivity contribution in [2.75, 3.05) is 5.01 Å². The van der Waals surface area contributed by atoms with Crippen LogP contribution in [0.25, 0.3) is 17.8 Å². The van der Waals surface area contributed by atoms with Gasteiger partial charge in [-0.25, -0.2) is 4.68 Å². The fraction of sp³-hybridized carbons (Fsp3) is 0.0769. The van der Waals surface area contributed by atoms with Crippen LogP contribution >= 0.6 is 0 Å². The molecule has 168 valence electrons. The monoisotopic (exact) mass is 451 g/mol. The zero-order valence-corrected chi connectivity index (χ0v) is 18.6. The van der Waals surface area contributed by atoms with E-state index in [9.17, 15) is 14.4 Å². The largest absolute Gasteiger partial charge is 0.304 e. The highest BCUT2D eigenvalue weighted by molar-refractivity contribution is 6.07. The minimum atomic E-state index is -0.361. The van der Waals surface area contributed by atoms with Crippen LogP contribution in [0.3, 0.4) is 0 Å². The van der Waals surface area contributed by atoms with E-state index in [1.165, 1.54) is 9.69 Å². The molecule has 0 unspecified atom stereocenters. The lowest BCUT2D eigenvalue weighted by molar-refractivity contribution is 0.0994. The fourth-order valence-corrected chi connectivity index (χ4v) is 4.01. The predicted molar refractivity (Wildman–Crippen MR) is 130 cm³/mol. The summed E-state index contributed by atoms with van der Waals surface area (Å²) in [5, 5.41) is 8.98. The summed E-state index contributed by atoms with van der Waals surface area (Å²) in [7, 11) is 0. The molecule has 0 atom stereocenters. The molecule has 5 rings (SSSR count). The summed E-state index contributed by atoms with van der Waals surface area (Å²) in [6.07, 6.45) is 4.90. The second kappa shape index (κ2) is 8.32. The molecular formula is C26H21N5O3. The van der Waals surface area contributed by atoms with E-state index in [1.807, 2.05) is 55.5 Å². The van der Waals surface area contributed by atoms with Crippen molar-refractivity contribution in [3.8, 4) is 5.69 Å². The molecule has 0 bridgehead atoms. The van der Waals surface area contributed by atoms with Crippen LogP contribution in [0, 0.1) is 13.8 Å². The number of fused-ring (bicyclic) bond motifs is 1. The van der Waals surface area contributed by atoms with Crippen LogP contribution < -0.4 is 26.8 Å². The van der Waals surface area contributed by atoms with Crippen molar-refractivity contribution in [2.24, 2.45) is 5.10 Å². The normalized spacial score (nSPS) is 13.5. The third kappa shape index (κ3) is 3.51. The van der Waals surface area contributed by atoms with Crippen molar-refractivity contribution in [1.29, 1.82) is 0 Å². The maximum Gasteiger partial charge on any atom is 0.282 e. The lowest BCUT2D eigenvalue weighted by Crippen LogP contribution is -2.38. The van der Waals surface area contributed by atoms with E-state index in [-0.39, 0.29) is 22.5 Å². The molecule has 3 heterocycles. The highest BCUT2D eigenvalue weighted by Crippen LogP contribution is 2.19. The molecule has 1 aliphatic rings. The van der Waals surface area contributed by atoms with Crippen molar-refractivity contribution in [1.82, 2.24) is 14.8 Å².